The van der Waals surface area contributed by atoms with Crippen molar-refractivity contribution in [3.05, 3.63) is 47.7 Å². The molecule has 1 aliphatic rings. The number of hydrogen-bond donors (Lipinski definition) is 1. The van der Waals surface area contributed by atoms with Crippen LogP contribution in [0.25, 0.3) is 6.08 Å². The van der Waals surface area contributed by atoms with Gasteiger partial charge in [0.2, 0.25) is 0 Å². The molecular formula is C14H17N. The van der Waals surface area contributed by atoms with E-state index in [-0.39, 0.29) is 5.41 Å². The standard InChI is InChI=1S/C14H17N/c1-10-8-9-11-6-5-7-12(13(11)15-10)14(2,3)4/h5-9,15H,1H2,2-4H3. The third-order valence-corrected chi connectivity index (χ3v) is 2.65. The molecule has 2 rings (SSSR count). The van der Waals surface area contributed by atoms with Gasteiger partial charge in [-0.25, -0.2) is 0 Å². The Balaban J connectivity index is 2.60. The van der Waals surface area contributed by atoms with Gasteiger partial charge < -0.3 is 5.32 Å². The van der Waals surface area contributed by atoms with E-state index in [9.17, 15) is 0 Å². The predicted octanol–water partition coefficient (Wildman–Crippen LogP) is 3.94. The molecule has 0 saturated carbocycles. The summed E-state index contributed by atoms with van der Waals surface area (Å²) in [6.45, 7) is 10.6. The molecule has 78 valence electrons. The zero-order chi connectivity index (χ0) is 11.1. The van der Waals surface area contributed by atoms with E-state index in [0.717, 1.165) is 5.70 Å². The van der Waals surface area contributed by atoms with Gasteiger partial charge in [0.15, 0.2) is 0 Å². The highest BCUT2D eigenvalue weighted by molar-refractivity contribution is 5.77. The summed E-state index contributed by atoms with van der Waals surface area (Å²) in [5.41, 5.74) is 4.90. The molecule has 0 spiro atoms. The lowest BCUT2D eigenvalue weighted by Crippen LogP contribution is -2.16. The number of para-hydroxylation sites is 1. The number of hydrogen-bond acceptors (Lipinski definition) is 1. The lowest BCUT2D eigenvalue weighted by molar-refractivity contribution is 0.592. The Kier molecular flexibility index (Phi) is 2.18. The maximum atomic E-state index is 3.94. The number of allylic oxidation sites excluding steroid dienone is 1. The van der Waals surface area contributed by atoms with Gasteiger partial charge in [-0.3, -0.25) is 0 Å². The number of rotatable bonds is 0. The smallest absolute Gasteiger partial charge is 0.0495 e. The van der Waals surface area contributed by atoms with Gasteiger partial charge in [0.1, 0.15) is 0 Å². The maximum absolute atomic E-state index is 3.94. The van der Waals surface area contributed by atoms with Crippen LogP contribution in [0.5, 0.6) is 0 Å². The zero-order valence-electron chi connectivity index (χ0n) is 9.59. The molecule has 0 saturated heterocycles. The second kappa shape index (κ2) is 3.27. The number of nitrogens with one attached hydrogen (secondary N) is 1. The van der Waals surface area contributed by atoms with Crippen LogP contribution in [-0.4, -0.2) is 0 Å². The molecular weight excluding hydrogens is 182 g/mol. The Labute approximate surface area is 91.5 Å². The molecule has 1 heterocycles. The Bertz CT molecular complexity index is 433. The fourth-order valence-electron chi connectivity index (χ4n) is 1.87. The van der Waals surface area contributed by atoms with E-state index in [1.807, 2.05) is 6.08 Å². The average molecular weight is 199 g/mol. The fourth-order valence-corrected chi connectivity index (χ4v) is 1.87. The Morgan fingerprint density at radius 1 is 1.13 bits per heavy atom. The normalized spacial score (nSPS) is 14.7. The lowest BCUT2D eigenvalue weighted by atomic mass is 9.84. The third kappa shape index (κ3) is 1.82. The Morgan fingerprint density at radius 3 is 2.53 bits per heavy atom. The van der Waals surface area contributed by atoms with Crippen molar-refractivity contribution in [3.8, 4) is 0 Å². The molecule has 1 N–H and O–H groups in total. The van der Waals surface area contributed by atoms with Crippen molar-refractivity contribution in [2.24, 2.45) is 0 Å². The SMILES string of the molecule is C=C1C=Cc2cccc(C(C)(C)C)c2N1. The van der Waals surface area contributed by atoms with Gasteiger partial charge in [-0.15, -0.1) is 0 Å². The first kappa shape index (κ1) is 10.0. The first-order valence-corrected chi connectivity index (χ1v) is 5.26. The summed E-state index contributed by atoms with van der Waals surface area (Å²) < 4.78 is 0. The van der Waals surface area contributed by atoms with Crippen LogP contribution in [0.2, 0.25) is 0 Å². The van der Waals surface area contributed by atoms with Gasteiger partial charge in [-0.1, -0.05) is 51.6 Å². The lowest BCUT2D eigenvalue weighted by Gasteiger charge is -2.26. The Hall–Kier alpha value is -1.50. The zero-order valence-corrected chi connectivity index (χ0v) is 9.59. The van der Waals surface area contributed by atoms with Crippen LogP contribution in [0, 0.1) is 0 Å². The second-order valence-corrected chi connectivity index (χ2v) is 5.00. The van der Waals surface area contributed by atoms with Crippen LogP contribution < -0.4 is 5.32 Å². The summed E-state index contributed by atoms with van der Waals surface area (Å²) in [6.07, 6.45) is 4.12. The summed E-state index contributed by atoms with van der Waals surface area (Å²) in [7, 11) is 0. The summed E-state index contributed by atoms with van der Waals surface area (Å²) in [4.78, 5) is 0. The van der Waals surface area contributed by atoms with Crippen LogP contribution in [0.15, 0.2) is 36.6 Å². The van der Waals surface area contributed by atoms with Gasteiger partial charge in [0.25, 0.3) is 0 Å². The molecule has 1 nitrogen and oxygen atoms in total. The first-order valence-electron chi connectivity index (χ1n) is 5.26. The van der Waals surface area contributed by atoms with E-state index in [1.165, 1.54) is 16.8 Å². The molecule has 0 radical (unpaired) electrons. The average Bonchev–Trinajstić information content (AvgIpc) is 2.15. The molecule has 0 atom stereocenters. The van der Waals surface area contributed by atoms with E-state index in [2.05, 4.69) is 56.9 Å². The van der Waals surface area contributed by atoms with Crippen LogP contribution in [0.1, 0.15) is 31.9 Å². The van der Waals surface area contributed by atoms with Crippen molar-refractivity contribution in [1.82, 2.24) is 0 Å². The number of benzene rings is 1. The topological polar surface area (TPSA) is 12.0 Å². The molecule has 0 unspecified atom stereocenters. The maximum Gasteiger partial charge on any atom is 0.0495 e. The minimum atomic E-state index is 0.157. The fraction of sp³-hybridized carbons (Fsp3) is 0.286. The molecule has 0 bridgehead atoms. The quantitative estimate of drug-likeness (QED) is 0.667. The van der Waals surface area contributed by atoms with Crippen molar-refractivity contribution in [2.45, 2.75) is 26.2 Å². The minimum Gasteiger partial charge on any atom is -0.355 e. The van der Waals surface area contributed by atoms with E-state index in [1.54, 1.807) is 0 Å². The second-order valence-electron chi connectivity index (χ2n) is 5.00. The summed E-state index contributed by atoms with van der Waals surface area (Å²) >= 11 is 0. The third-order valence-electron chi connectivity index (χ3n) is 2.65. The van der Waals surface area contributed by atoms with Gasteiger partial charge in [0.05, 0.1) is 0 Å². The summed E-state index contributed by atoms with van der Waals surface area (Å²) in [5, 5.41) is 3.35. The molecule has 1 heteroatoms. The number of anilines is 1. The van der Waals surface area contributed by atoms with Crippen molar-refractivity contribution >= 4 is 11.8 Å². The highest BCUT2D eigenvalue weighted by Gasteiger charge is 2.20. The minimum absolute atomic E-state index is 0.157. The molecule has 1 aliphatic heterocycles. The largest absolute Gasteiger partial charge is 0.355 e. The van der Waals surface area contributed by atoms with Crippen LogP contribution >= 0.6 is 0 Å². The molecule has 0 aromatic heterocycles. The highest BCUT2D eigenvalue weighted by atomic mass is 14.9. The van der Waals surface area contributed by atoms with Crippen molar-refractivity contribution < 1.29 is 0 Å². The van der Waals surface area contributed by atoms with Crippen molar-refractivity contribution in [2.75, 3.05) is 5.32 Å². The van der Waals surface area contributed by atoms with Crippen LogP contribution in [0.3, 0.4) is 0 Å². The van der Waals surface area contributed by atoms with E-state index < -0.39 is 0 Å². The van der Waals surface area contributed by atoms with Gasteiger partial charge >= 0.3 is 0 Å². The first-order chi connectivity index (χ1) is 6.98. The van der Waals surface area contributed by atoms with E-state index in [4.69, 9.17) is 0 Å². The molecule has 0 fully saturated rings. The molecule has 0 amide bonds. The molecule has 1 aromatic carbocycles. The summed E-state index contributed by atoms with van der Waals surface area (Å²) in [5.74, 6) is 0. The van der Waals surface area contributed by atoms with Crippen molar-refractivity contribution in [1.29, 1.82) is 0 Å². The molecule has 15 heavy (non-hydrogen) atoms. The molecule has 1 aromatic rings. The molecule has 0 aliphatic carbocycles. The van der Waals surface area contributed by atoms with Crippen LogP contribution in [-0.2, 0) is 5.41 Å². The van der Waals surface area contributed by atoms with E-state index >= 15 is 0 Å². The number of fused-ring (bicyclic) bond motifs is 1. The monoisotopic (exact) mass is 199 g/mol. The van der Waals surface area contributed by atoms with Crippen LogP contribution in [0.4, 0.5) is 5.69 Å². The summed E-state index contributed by atoms with van der Waals surface area (Å²) in [6, 6.07) is 6.41. The van der Waals surface area contributed by atoms with Gasteiger partial charge in [-0.05, 0) is 22.6 Å². The van der Waals surface area contributed by atoms with Gasteiger partial charge in [0, 0.05) is 11.4 Å². The highest BCUT2D eigenvalue weighted by Crippen LogP contribution is 2.35. The van der Waals surface area contributed by atoms with Gasteiger partial charge in [-0.2, -0.15) is 0 Å². The van der Waals surface area contributed by atoms with Crippen molar-refractivity contribution in [3.63, 3.8) is 0 Å². The van der Waals surface area contributed by atoms with E-state index in [0.29, 0.717) is 0 Å². The Morgan fingerprint density at radius 2 is 1.87 bits per heavy atom. The predicted molar refractivity (Wildman–Crippen MR) is 66.9 cm³/mol.